The number of benzene rings is 2. The van der Waals surface area contributed by atoms with Crippen molar-refractivity contribution in [3.05, 3.63) is 54.1 Å². The molecule has 0 bridgehead atoms. The first kappa shape index (κ1) is 23.1. The number of rotatable bonds is 6. The summed E-state index contributed by atoms with van der Waals surface area (Å²) in [5.74, 6) is 0.104. The zero-order valence-electron chi connectivity index (χ0n) is 18.4. The number of anilines is 1. The minimum atomic E-state index is -3.93. The Morgan fingerprint density at radius 1 is 1.03 bits per heavy atom. The number of sulfonamides is 1. The summed E-state index contributed by atoms with van der Waals surface area (Å²) in [5.41, 5.74) is 0.584. The number of carbonyl (C=O) groups is 2. The lowest BCUT2D eigenvalue weighted by Crippen LogP contribution is -2.52. The van der Waals surface area contributed by atoms with Crippen LogP contribution in [-0.4, -0.2) is 76.0 Å². The van der Waals surface area contributed by atoms with Gasteiger partial charge in [-0.1, -0.05) is 18.2 Å². The molecule has 2 aromatic carbocycles. The first-order valence-corrected chi connectivity index (χ1v) is 12.3. The number of hydrogen-bond acceptors (Lipinski definition) is 6. The molecule has 2 saturated heterocycles. The lowest BCUT2D eigenvalue weighted by molar-refractivity contribution is -0.142. The summed E-state index contributed by atoms with van der Waals surface area (Å²) >= 11 is 0. The Bertz CT molecular complexity index is 1120. The number of amides is 2. The number of carbonyl (C=O) groups excluding carboxylic acids is 2. The van der Waals surface area contributed by atoms with Gasteiger partial charge in [-0.05, 0) is 43.2 Å². The van der Waals surface area contributed by atoms with Crippen LogP contribution in [0.4, 0.5) is 5.69 Å². The Balaban J connectivity index is 1.43. The third kappa shape index (κ3) is 5.12. The molecule has 2 aromatic rings. The van der Waals surface area contributed by atoms with E-state index in [-0.39, 0.29) is 28.4 Å². The van der Waals surface area contributed by atoms with Crippen LogP contribution in [-0.2, 0) is 19.6 Å². The van der Waals surface area contributed by atoms with Crippen molar-refractivity contribution in [1.29, 1.82) is 0 Å². The zero-order valence-corrected chi connectivity index (χ0v) is 19.2. The van der Waals surface area contributed by atoms with Gasteiger partial charge in [0.1, 0.15) is 11.9 Å². The van der Waals surface area contributed by atoms with Gasteiger partial charge in [0.15, 0.2) is 0 Å². The molecule has 33 heavy (non-hydrogen) atoms. The maximum absolute atomic E-state index is 13.0. The molecule has 176 valence electrons. The Morgan fingerprint density at radius 2 is 1.76 bits per heavy atom. The van der Waals surface area contributed by atoms with Crippen LogP contribution in [0.3, 0.4) is 0 Å². The van der Waals surface area contributed by atoms with Gasteiger partial charge in [0.25, 0.3) is 21.8 Å². The molecule has 0 radical (unpaired) electrons. The van der Waals surface area contributed by atoms with Crippen LogP contribution in [0.2, 0.25) is 0 Å². The molecule has 9 nitrogen and oxygen atoms in total. The van der Waals surface area contributed by atoms with Crippen molar-refractivity contribution in [1.82, 2.24) is 9.80 Å². The molecule has 0 aromatic heterocycles. The summed E-state index contributed by atoms with van der Waals surface area (Å²) in [6.45, 7) is 2.23. The number of para-hydroxylation sites is 2. The van der Waals surface area contributed by atoms with E-state index in [0.717, 1.165) is 12.8 Å². The molecule has 2 heterocycles. The molecular weight excluding hydrogens is 446 g/mol. The van der Waals surface area contributed by atoms with Crippen molar-refractivity contribution in [2.75, 3.05) is 44.6 Å². The van der Waals surface area contributed by atoms with E-state index >= 15 is 0 Å². The number of nitrogens with one attached hydrogen (secondary N) is 1. The van der Waals surface area contributed by atoms with Crippen LogP contribution in [0.15, 0.2) is 53.4 Å². The standard InChI is InChI=1S/C23H27N3O6S/c1-31-20-9-3-2-8-19(20)24-33(29,30)18-7-4-6-17(16-18)22(27)25-11-13-26(14-12-25)23(28)21-10-5-15-32-21/h2-4,6-9,16,21,24H,5,10-15H2,1H3. The normalized spacial score (nSPS) is 18.8. The summed E-state index contributed by atoms with van der Waals surface area (Å²) in [7, 11) is -2.47. The largest absolute Gasteiger partial charge is 0.495 e. The molecule has 4 rings (SSSR count). The summed E-state index contributed by atoms with van der Waals surface area (Å²) in [5, 5.41) is 0. The molecule has 2 amide bonds. The summed E-state index contributed by atoms with van der Waals surface area (Å²) in [6.07, 6.45) is 1.26. The van der Waals surface area contributed by atoms with Crippen LogP contribution >= 0.6 is 0 Å². The number of ether oxygens (including phenoxy) is 2. The maximum atomic E-state index is 13.0. The van der Waals surface area contributed by atoms with E-state index in [1.807, 2.05) is 0 Å². The highest BCUT2D eigenvalue weighted by molar-refractivity contribution is 7.92. The van der Waals surface area contributed by atoms with Gasteiger partial charge in [0.05, 0.1) is 17.7 Å². The van der Waals surface area contributed by atoms with Gasteiger partial charge in [0, 0.05) is 38.3 Å². The molecule has 1 atom stereocenters. The third-order valence-electron chi connectivity index (χ3n) is 5.83. The Morgan fingerprint density at radius 3 is 2.45 bits per heavy atom. The number of methoxy groups -OCH3 is 1. The quantitative estimate of drug-likeness (QED) is 0.688. The third-order valence-corrected chi connectivity index (χ3v) is 7.19. The zero-order chi connectivity index (χ0) is 23.4. The molecule has 2 fully saturated rings. The van der Waals surface area contributed by atoms with Crippen LogP contribution in [0.1, 0.15) is 23.2 Å². The van der Waals surface area contributed by atoms with Gasteiger partial charge in [0.2, 0.25) is 0 Å². The number of nitrogens with zero attached hydrogens (tertiary/aromatic N) is 2. The highest BCUT2D eigenvalue weighted by atomic mass is 32.2. The fourth-order valence-electron chi connectivity index (χ4n) is 4.02. The fourth-order valence-corrected chi connectivity index (χ4v) is 5.13. The highest BCUT2D eigenvalue weighted by Gasteiger charge is 2.31. The van der Waals surface area contributed by atoms with E-state index in [1.54, 1.807) is 46.2 Å². The van der Waals surface area contributed by atoms with E-state index in [1.165, 1.54) is 19.2 Å². The van der Waals surface area contributed by atoms with Crippen molar-refractivity contribution in [3.8, 4) is 5.75 Å². The maximum Gasteiger partial charge on any atom is 0.262 e. The molecular formula is C23H27N3O6S. The predicted octanol–water partition coefficient (Wildman–Crippen LogP) is 1.96. The SMILES string of the molecule is COc1ccccc1NS(=O)(=O)c1cccc(C(=O)N2CCN(C(=O)C3CCCO3)CC2)c1. The van der Waals surface area contributed by atoms with Gasteiger partial charge in [-0.25, -0.2) is 8.42 Å². The van der Waals surface area contributed by atoms with Crippen LogP contribution < -0.4 is 9.46 Å². The van der Waals surface area contributed by atoms with Crippen molar-refractivity contribution in [3.63, 3.8) is 0 Å². The fraction of sp³-hybridized carbons (Fsp3) is 0.391. The molecule has 10 heteroatoms. The topological polar surface area (TPSA) is 105 Å². The van der Waals surface area contributed by atoms with E-state index < -0.39 is 10.0 Å². The second-order valence-electron chi connectivity index (χ2n) is 7.95. The van der Waals surface area contributed by atoms with Crippen molar-refractivity contribution in [2.24, 2.45) is 0 Å². The molecule has 1 unspecified atom stereocenters. The van der Waals surface area contributed by atoms with Crippen molar-refractivity contribution < 1.29 is 27.5 Å². The Hall–Kier alpha value is -3.11. The average molecular weight is 474 g/mol. The van der Waals surface area contributed by atoms with Crippen molar-refractivity contribution >= 4 is 27.5 Å². The van der Waals surface area contributed by atoms with E-state index in [4.69, 9.17) is 9.47 Å². The molecule has 2 aliphatic rings. The van der Waals surface area contributed by atoms with Crippen LogP contribution in [0.5, 0.6) is 5.75 Å². The van der Waals surface area contributed by atoms with Gasteiger partial charge >= 0.3 is 0 Å². The monoisotopic (exact) mass is 473 g/mol. The Labute approximate surface area is 193 Å². The minimum absolute atomic E-state index is 0.0184. The van der Waals surface area contributed by atoms with Gasteiger partial charge in [-0.3, -0.25) is 14.3 Å². The number of piperazine rings is 1. The second-order valence-corrected chi connectivity index (χ2v) is 9.64. The summed E-state index contributed by atoms with van der Waals surface area (Å²) in [4.78, 5) is 28.9. The first-order valence-electron chi connectivity index (χ1n) is 10.8. The molecule has 0 aliphatic carbocycles. The summed E-state index contributed by atoms with van der Waals surface area (Å²) in [6, 6.07) is 12.6. The molecule has 0 spiro atoms. The highest BCUT2D eigenvalue weighted by Crippen LogP contribution is 2.26. The summed E-state index contributed by atoms with van der Waals surface area (Å²) < 4.78 is 39.0. The molecule has 2 aliphatic heterocycles. The molecule has 0 saturated carbocycles. The van der Waals surface area contributed by atoms with E-state index in [2.05, 4.69) is 4.72 Å². The Kier molecular flexibility index (Phi) is 6.85. The van der Waals surface area contributed by atoms with Gasteiger partial charge in [-0.15, -0.1) is 0 Å². The minimum Gasteiger partial charge on any atom is -0.495 e. The molecule has 1 N–H and O–H groups in total. The second kappa shape index (κ2) is 9.80. The van der Waals surface area contributed by atoms with Crippen molar-refractivity contribution in [2.45, 2.75) is 23.8 Å². The van der Waals surface area contributed by atoms with Crippen LogP contribution in [0, 0.1) is 0 Å². The van der Waals surface area contributed by atoms with Crippen LogP contribution in [0.25, 0.3) is 0 Å². The van der Waals surface area contributed by atoms with E-state index in [9.17, 15) is 18.0 Å². The van der Waals surface area contributed by atoms with Gasteiger partial charge < -0.3 is 19.3 Å². The smallest absolute Gasteiger partial charge is 0.262 e. The predicted molar refractivity (Wildman–Crippen MR) is 122 cm³/mol. The van der Waals surface area contributed by atoms with Gasteiger partial charge in [-0.2, -0.15) is 0 Å². The lowest BCUT2D eigenvalue weighted by Gasteiger charge is -2.35. The van der Waals surface area contributed by atoms with E-state index in [0.29, 0.717) is 44.2 Å². The number of hydrogen-bond donors (Lipinski definition) is 1. The lowest BCUT2D eigenvalue weighted by atomic mass is 10.1. The average Bonchev–Trinajstić information content (AvgIpc) is 3.38. The first-order chi connectivity index (χ1) is 15.9.